The minimum atomic E-state index is -0.878. The first kappa shape index (κ1) is 28.4. The predicted molar refractivity (Wildman–Crippen MR) is 163 cm³/mol. The number of nitrogens with zero attached hydrogens (tertiary/aromatic N) is 1. The van der Waals surface area contributed by atoms with Gasteiger partial charge in [-0.1, -0.05) is 66.7 Å². The van der Waals surface area contributed by atoms with Crippen molar-refractivity contribution in [3.63, 3.8) is 0 Å². The Morgan fingerprint density at radius 2 is 1.69 bits per heavy atom. The molecule has 1 atom stereocenters. The van der Waals surface area contributed by atoms with Crippen LogP contribution in [0.5, 0.6) is 5.75 Å². The fourth-order valence-corrected chi connectivity index (χ4v) is 5.01. The first-order chi connectivity index (χ1) is 20.4. The van der Waals surface area contributed by atoms with Gasteiger partial charge in [0.2, 0.25) is 5.91 Å². The van der Waals surface area contributed by atoms with Crippen molar-refractivity contribution in [2.45, 2.75) is 25.8 Å². The van der Waals surface area contributed by atoms with Gasteiger partial charge in [0.05, 0.1) is 18.3 Å². The molecule has 0 bridgehead atoms. The molecule has 1 unspecified atom stereocenters. The standard InChI is InChI=1S/C35H31FN2O4/c1-24(22-33(39)37-30-14-7-8-15-32(30)42-21-9-16-34(40)41)26-17-18-31-27(23-26)19-20-38(31)35(25-10-3-2-4-11-25)28-12-5-6-13-29(28)36/h2-8,10-15,17-20,22-23,35H,9,16,21H2,1H3,(H,37,39)(H,40,41). The van der Waals surface area contributed by atoms with Crippen LogP contribution in [0, 0.1) is 5.82 Å². The normalized spacial score (nSPS) is 12.2. The van der Waals surface area contributed by atoms with Gasteiger partial charge in [-0.3, -0.25) is 9.59 Å². The molecular formula is C35H31FN2O4. The van der Waals surface area contributed by atoms with Crippen molar-refractivity contribution in [2.75, 3.05) is 11.9 Å². The Morgan fingerprint density at radius 3 is 2.48 bits per heavy atom. The molecule has 0 aliphatic rings. The number of carboxylic acids is 1. The number of carboxylic acid groups (broad SMARTS) is 1. The zero-order chi connectivity index (χ0) is 29.5. The molecule has 4 aromatic carbocycles. The van der Waals surface area contributed by atoms with Gasteiger partial charge in [-0.2, -0.15) is 0 Å². The van der Waals surface area contributed by atoms with Crippen LogP contribution in [-0.4, -0.2) is 28.2 Å². The molecule has 0 radical (unpaired) electrons. The van der Waals surface area contributed by atoms with E-state index in [0.717, 1.165) is 27.6 Å². The van der Waals surface area contributed by atoms with Gasteiger partial charge in [-0.05, 0) is 66.4 Å². The quantitative estimate of drug-likeness (QED) is 0.128. The van der Waals surface area contributed by atoms with Crippen LogP contribution in [0.2, 0.25) is 0 Å². The number of ether oxygens (including phenoxy) is 1. The Hall–Kier alpha value is -5.17. The Labute approximate surface area is 243 Å². The van der Waals surface area contributed by atoms with E-state index in [1.807, 2.05) is 79.9 Å². The van der Waals surface area contributed by atoms with Gasteiger partial charge in [0.25, 0.3) is 0 Å². The molecule has 0 aliphatic carbocycles. The van der Waals surface area contributed by atoms with E-state index in [4.69, 9.17) is 9.84 Å². The molecular weight excluding hydrogens is 531 g/mol. The molecule has 0 saturated carbocycles. The van der Waals surface area contributed by atoms with Crippen molar-refractivity contribution in [1.82, 2.24) is 4.57 Å². The molecule has 0 aliphatic heterocycles. The highest BCUT2D eigenvalue weighted by molar-refractivity contribution is 6.05. The van der Waals surface area contributed by atoms with Gasteiger partial charge in [0.15, 0.2) is 0 Å². The summed E-state index contributed by atoms with van der Waals surface area (Å²) in [6.45, 7) is 2.11. The van der Waals surface area contributed by atoms with Crippen LogP contribution >= 0.6 is 0 Å². The lowest BCUT2D eigenvalue weighted by atomic mass is 9.97. The van der Waals surface area contributed by atoms with Gasteiger partial charge < -0.3 is 19.7 Å². The summed E-state index contributed by atoms with van der Waals surface area (Å²) in [6.07, 6.45) is 3.89. The summed E-state index contributed by atoms with van der Waals surface area (Å²) in [5.41, 5.74) is 4.68. The molecule has 1 amide bonds. The fourth-order valence-electron chi connectivity index (χ4n) is 5.01. The van der Waals surface area contributed by atoms with Crippen LogP contribution in [0.15, 0.2) is 115 Å². The zero-order valence-electron chi connectivity index (χ0n) is 23.2. The molecule has 5 aromatic rings. The number of nitrogens with one attached hydrogen (secondary N) is 1. The number of benzene rings is 4. The number of aromatic nitrogens is 1. The summed E-state index contributed by atoms with van der Waals surface area (Å²) in [6, 6.07) is 31.4. The summed E-state index contributed by atoms with van der Waals surface area (Å²) in [4.78, 5) is 23.7. The number of rotatable bonds is 11. The number of hydrogen-bond acceptors (Lipinski definition) is 3. The van der Waals surface area contributed by atoms with Crippen molar-refractivity contribution in [3.05, 3.63) is 138 Å². The molecule has 212 valence electrons. The minimum Gasteiger partial charge on any atom is -0.491 e. The average molecular weight is 563 g/mol. The third kappa shape index (κ3) is 6.58. The number of aliphatic carboxylic acids is 1. The van der Waals surface area contributed by atoms with Crippen molar-refractivity contribution in [3.8, 4) is 5.75 Å². The van der Waals surface area contributed by atoms with Crippen LogP contribution in [0.4, 0.5) is 10.1 Å². The van der Waals surface area contributed by atoms with Gasteiger partial charge >= 0.3 is 5.97 Å². The van der Waals surface area contributed by atoms with Crippen LogP contribution in [0.25, 0.3) is 16.5 Å². The van der Waals surface area contributed by atoms with Crippen LogP contribution in [0.1, 0.15) is 42.5 Å². The van der Waals surface area contributed by atoms with Gasteiger partial charge in [-0.15, -0.1) is 0 Å². The van der Waals surface area contributed by atoms with Crippen LogP contribution < -0.4 is 10.1 Å². The Morgan fingerprint density at radius 1 is 0.952 bits per heavy atom. The van der Waals surface area contributed by atoms with Crippen molar-refractivity contribution < 1.29 is 23.8 Å². The predicted octanol–water partition coefficient (Wildman–Crippen LogP) is 7.70. The number of amides is 1. The maximum Gasteiger partial charge on any atom is 0.303 e. The number of halogens is 1. The first-order valence-electron chi connectivity index (χ1n) is 13.7. The number of anilines is 1. The molecule has 5 rings (SSSR count). The van der Waals surface area contributed by atoms with Crippen LogP contribution in [0.3, 0.4) is 0 Å². The number of para-hydroxylation sites is 2. The van der Waals surface area contributed by atoms with E-state index in [0.29, 0.717) is 23.4 Å². The smallest absolute Gasteiger partial charge is 0.303 e. The van der Waals surface area contributed by atoms with Crippen molar-refractivity contribution in [2.24, 2.45) is 0 Å². The van der Waals surface area contributed by atoms with Crippen molar-refractivity contribution >= 4 is 34.0 Å². The molecule has 0 fully saturated rings. The van der Waals surface area contributed by atoms with E-state index < -0.39 is 5.97 Å². The minimum absolute atomic E-state index is 0.0141. The second-order valence-electron chi connectivity index (χ2n) is 9.99. The number of carbonyl (C=O) groups is 2. The number of fused-ring (bicyclic) bond motifs is 1. The summed E-state index contributed by atoms with van der Waals surface area (Å²) in [5.74, 6) is -0.971. The monoisotopic (exact) mass is 562 g/mol. The molecule has 1 aromatic heterocycles. The SMILES string of the molecule is CC(=CC(=O)Nc1ccccc1OCCCC(=O)O)c1ccc2c(ccn2C(c2ccccc2)c2ccccc2F)c1. The molecule has 42 heavy (non-hydrogen) atoms. The second kappa shape index (κ2) is 13.0. The third-order valence-corrected chi connectivity index (χ3v) is 7.05. The average Bonchev–Trinajstić information content (AvgIpc) is 3.40. The topological polar surface area (TPSA) is 80.6 Å². The van der Waals surface area contributed by atoms with Crippen molar-refractivity contribution in [1.29, 1.82) is 0 Å². The van der Waals surface area contributed by atoms with Gasteiger partial charge in [-0.25, -0.2) is 4.39 Å². The van der Waals surface area contributed by atoms with E-state index >= 15 is 4.39 Å². The molecule has 7 heteroatoms. The van der Waals surface area contributed by atoms with E-state index in [1.54, 1.807) is 30.3 Å². The number of allylic oxidation sites excluding steroid dienone is 1. The summed E-state index contributed by atoms with van der Waals surface area (Å²) >= 11 is 0. The number of hydrogen-bond donors (Lipinski definition) is 2. The lowest BCUT2D eigenvalue weighted by Gasteiger charge is -2.22. The van der Waals surface area contributed by atoms with E-state index in [1.165, 1.54) is 12.1 Å². The Balaban J connectivity index is 1.37. The van der Waals surface area contributed by atoms with Gasteiger partial charge in [0, 0.05) is 35.2 Å². The largest absolute Gasteiger partial charge is 0.491 e. The lowest BCUT2D eigenvalue weighted by molar-refractivity contribution is -0.137. The summed E-state index contributed by atoms with van der Waals surface area (Å²) in [5, 5.41) is 12.6. The van der Waals surface area contributed by atoms with E-state index in [9.17, 15) is 9.59 Å². The highest BCUT2D eigenvalue weighted by Gasteiger charge is 2.21. The Kier molecular flexibility index (Phi) is 8.78. The molecule has 0 saturated heterocycles. The fraction of sp³-hybridized carbons (Fsp3) is 0.143. The van der Waals surface area contributed by atoms with Gasteiger partial charge in [0.1, 0.15) is 11.6 Å². The highest BCUT2D eigenvalue weighted by atomic mass is 19.1. The maximum atomic E-state index is 15.0. The molecule has 0 spiro atoms. The Bertz CT molecular complexity index is 1740. The molecule has 6 nitrogen and oxygen atoms in total. The van der Waals surface area contributed by atoms with Crippen LogP contribution in [-0.2, 0) is 9.59 Å². The zero-order valence-corrected chi connectivity index (χ0v) is 23.2. The first-order valence-corrected chi connectivity index (χ1v) is 13.7. The molecule has 1 heterocycles. The second-order valence-corrected chi connectivity index (χ2v) is 9.99. The summed E-state index contributed by atoms with van der Waals surface area (Å²) < 4.78 is 22.8. The summed E-state index contributed by atoms with van der Waals surface area (Å²) in [7, 11) is 0. The van der Waals surface area contributed by atoms with E-state index in [2.05, 4.69) is 9.88 Å². The van der Waals surface area contributed by atoms with E-state index in [-0.39, 0.29) is 30.8 Å². The number of carbonyl (C=O) groups excluding carboxylic acids is 1. The molecule has 2 N–H and O–H groups in total. The highest BCUT2D eigenvalue weighted by Crippen LogP contribution is 2.33. The maximum absolute atomic E-state index is 15.0. The lowest BCUT2D eigenvalue weighted by Crippen LogP contribution is -2.13. The third-order valence-electron chi connectivity index (χ3n) is 7.05.